The van der Waals surface area contributed by atoms with Crippen molar-refractivity contribution in [3.8, 4) is 0 Å². The van der Waals surface area contributed by atoms with Crippen molar-refractivity contribution < 1.29 is 0 Å². The van der Waals surface area contributed by atoms with Gasteiger partial charge in [-0.2, -0.15) is 0 Å². The summed E-state index contributed by atoms with van der Waals surface area (Å²) in [7, 11) is 1.94. The fourth-order valence-electron chi connectivity index (χ4n) is 0.583. The van der Waals surface area contributed by atoms with Crippen molar-refractivity contribution in [1.29, 1.82) is 0 Å². The molecule has 0 aliphatic rings. The third-order valence-corrected chi connectivity index (χ3v) is 0.978. The predicted molar refractivity (Wildman–Crippen MR) is 37.7 cm³/mol. The Labute approximate surface area is 51.8 Å². The van der Waals surface area contributed by atoms with Crippen molar-refractivity contribution in [1.82, 2.24) is 5.32 Å². The lowest BCUT2D eigenvalue weighted by molar-refractivity contribution is 0.802. The van der Waals surface area contributed by atoms with Crippen LogP contribution in [0.25, 0.3) is 0 Å². The molecule has 0 rings (SSSR count). The Morgan fingerprint density at radius 3 is 2.12 bits per heavy atom. The van der Waals surface area contributed by atoms with Gasteiger partial charge in [0.25, 0.3) is 0 Å². The van der Waals surface area contributed by atoms with E-state index in [4.69, 9.17) is 0 Å². The summed E-state index contributed by atoms with van der Waals surface area (Å²) in [6, 6.07) is 0. The molecule has 0 radical (unpaired) electrons. The van der Waals surface area contributed by atoms with Gasteiger partial charge in [-0.25, -0.2) is 0 Å². The van der Waals surface area contributed by atoms with E-state index in [1.807, 2.05) is 7.05 Å². The van der Waals surface area contributed by atoms with Crippen LogP contribution >= 0.6 is 0 Å². The Kier molecular flexibility index (Phi) is 3.33. The van der Waals surface area contributed by atoms with E-state index in [1.165, 1.54) is 5.70 Å². The van der Waals surface area contributed by atoms with Crippen LogP contribution in [0.15, 0.2) is 11.8 Å². The number of rotatable bonds is 2. The van der Waals surface area contributed by atoms with Crippen LogP contribution in [0.1, 0.15) is 20.8 Å². The first-order chi connectivity index (χ1) is 3.66. The molecule has 0 saturated carbocycles. The van der Waals surface area contributed by atoms with Gasteiger partial charge < -0.3 is 5.32 Å². The summed E-state index contributed by atoms with van der Waals surface area (Å²) in [6.45, 7) is 6.40. The van der Waals surface area contributed by atoms with Crippen LogP contribution < -0.4 is 5.32 Å². The summed E-state index contributed by atoms with van der Waals surface area (Å²) in [4.78, 5) is 0. The van der Waals surface area contributed by atoms with Crippen LogP contribution in [0, 0.1) is 5.92 Å². The quantitative estimate of drug-likeness (QED) is 0.575. The minimum absolute atomic E-state index is 0.655. The summed E-state index contributed by atoms with van der Waals surface area (Å²) in [5.74, 6) is 0.655. The van der Waals surface area contributed by atoms with E-state index in [2.05, 4.69) is 32.2 Å². The molecular weight excluding hydrogens is 98.1 g/mol. The number of allylic oxidation sites excluding steroid dienone is 2. The Morgan fingerprint density at radius 2 is 2.00 bits per heavy atom. The van der Waals surface area contributed by atoms with E-state index in [0.29, 0.717) is 5.92 Å². The summed E-state index contributed by atoms with van der Waals surface area (Å²) in [5.41, 5.74) is 1.25. The largest absolute Gasteiger partial charge is 0.392 e. The van der Waals surface area contributed by atoms with Crippen LogP contribution in [0.5, 0.6) is 0 Å². The summed E-state index contributed by atoms with van der Waals surface area (Å²) in [5, 5.41) is 3.06. The zero-order valence-electron chi connectivity index (χ0n) is 6.15. The molecule has 48 valence electrons. The third-order valence-electron chi connectivity index (χ3n) is 0.978. The molecule has 0 aromatic carbocycles. The Hall–Kier alpha value is -0.460. The maximum Gasteiger partial charge on any atom is 0.00345 e. The summed E-state index contributed by atoms with van der Waals surface area (Å²) >= 11 is 0. The predicted octanol–water partition coefficient (Wildman–Crippen LogP) is 1.77. The zero-order valence-corrected chi connectivity index (χ0v) is 6.15. The molecule has 0 spiro atoms. The average Bonchev–Trinajstić information content (AvgIpc) is 1.65. The van der Waals surface area contributed by atoms with Gasteiger partial charge in [-0.15, -0.1) is 0 Å². The lowest BCUT2D eigenvalue weighted by Crippen LogP contribution is -2.02. The third kappa shape index (κ3) is 3.72. The van der Waals surface area contributed by atoms with Crippen molar-refractivity contribution in [3.05, 3.63) is 11.8 Å². The molecule has 0 saturated heterocycles. The minimum atomic E-state index is 0.655. The number of nitrogens with one attached hydrogen (secondary N) is 1. The van der Waals surface area contributed by atoms with Crippen molar-refractivity contribution >= 4 is 0 Å². The maximum atomic E-state index is 3.06. The molecule has 1 heteroatoms. The van der Waals surface area contributed by atoms with Gasteiger partial charge in [0.1, 0.15) is 0 Å². The molecule has 0 aliphatic carbocycles. The normalized spacial score (nSPS) is 12.4. The fraction of sp³-hybridized carbons (Fsp3) is 0.714. The van der Waals surface area contributed by atoms with E-state index in [1.54, 1.807) is 0 Å². The molecular formula is C7H15N. The van der Waals surface area contributed by atoms with E-state index in [0.717, 1.165) is 0 Å². The first-order valence-corrected chi connectivity index (χ1v) is 3.03. The van der Waals surface area contributed by atoms with Gasteiger partial charge >= 0.3 is 0 Å². The summed E-state index contributed by atoms with van der Waals surface area (Å²) < 4.78 is 0. The van der Waals surface area contributed by atoms with Crippen molar-refractivity contribution in [3.63, 3.8) is 0 Å². The molecule has 1 N–H and O–H groups in total. The average molecular weight is 113 g/mol. The lowest BCUT2D eigenvalue weighted by atomic mass is 10.2. The molecule has 1 nitrogen and oxygen atoms in total. The second-order valence-electron chi connectivity index (χ2n) is 2.34. The topological polar surface area (TPSA) is 12.0 Å². The standard InChI is InChI=1S/C7H15N/c1-6(2)5-7(3)8-4/h5-6,8H,1-4H3/b7-5-. The fourth-order valence-corrected chi connectivity index (χ4v) is 0.583. The van der Waals surface area contributed by atoms with E-state index in [-0.39, 0.29) is 0 Å². The van der Waals surface area contributed by atoms with Crippen LogP contribution in [0.3, 0.4) is 0 Å². The highest BCUT2D eigenvalue weighted by atomic mass is 14.8. The van der Waals surface area contributed by atoms with Gasteiger partial charge in [-0.3, -0.25) is 0 Å². The van der Waals surface area contributed by atoms with Crippen LogP contribution in [0.4, 0.5) is 0 Å². The number of hydrogen-bond donors (Lipinski definition) is 1. The van der Waals surface area contributed by atoms with Crippen molar-refractivity contribution in [2.75, 3.05) is 7.05 Å². The Morgan fingerprint density at radius 1 is 1.50 bits per heavy atom. The molecule has 0 aliphatic heterocycles. The SMILES string of the molecule is CN/C(C)=C\C(C)C. The summed E-state index contributed by atoms with van der Waals surface area (Å²) in [6.07, 6.45) is 2.19. The lowest BCUT2D eigenvalue weighted by Gasteiger charge is -1.99. The van der Waals surface area contributed by atoms with Gasteiger partial charge in [-0.05, 0) is 12.8 Å². The molecule has 0 amide bonds. The van der Waals surface area contributed by atoms with Crippen LogP contribution in [-0.4, -0.2) is 7.05 Å². The van der Waals surface area contributed by atoms with Gasteiger partial charge in [0.2, 0.25) is 0 Å². The van der Waals surface area contributed by atoms with E-state index < -0.39 is 0 Å². The molecule has 8 heavy (non-hydrogen) atoms. The van der Waals surface area contributed by atoms with E-state index >= 15 is 0 Å². The maximum absolute atomic E-state index is 3.06. The molecule has 0 atom stereocenters. The molecule has 0 aromatic rings. The van der Waals surface area contributed by atoms with Crippen LogP contribution in [0.2, 0.25) is 0 Å². The molecule has 0 fully saturated rings. The molecule has 0 bridgehead atoms. The molecule has 0 unspecified atom stereocenters. The van der Waals surface area contributed by atoms with Gasteiger partial charge in [0.15, 0.2) is 0 Å². The smallest absolute Gasteiger partial charge is 0.00345 e. The van der Waals surface area contributed by atoms with Gasteiger partial charge in [0.05, 0.1) is 0 Å². The second-order valence-corrected chi connectivity index (χ2v) is 2.34. The second kappa shape index (κ2) is 3.53. The van der Waals surface area contributed by atoms with Gasteiger partial charge in [-0.1, -0.05) is 19.9 Å². The van der Waals surface area contributed by atoms with Crippen molar-refractivity contribution in [2.24, 2.45) is 5.92 Å². The number of hydrogen-bond acceptors (Lipinski definition) is 1. The highest BCUT2D eigenvalue weighted by Crippen LogP contribution is 1.96. The highest BCUT2D eigenvalue weighted by molar-refractivity contribution is 4.95. The minimum Gasteiger partial charge on any atom is -0.392 e. The Bertz CT molecular complexity index is 82.4. The monoisotopic (exact) mass is 113 g/mol. The molecule has 0 aromatic heterocycles. The first-order valence-electron chi connectivity index (χ1n) is 3.03. The van der Waals surface area contributed by atoms with Crippen molar-refractivity contribution in [2.45, 2.75) is 20.8 Å². The highest BCUT2D eigenvalue weighted by Gasteiger charge is 1.85. The van der Waals surface area contributed by atoms with Gasteiger partial charge in [0, 0.05) is 12.7 Å². The molecule has 0 heterocycles. The van der Waals surface area contributed by atoms with E-state index in [9.17, 15) is 0 Å². The van der Waals surface area contributed by atoms with Crippen LogP contribution in [-0.2, 0) is 0 Å². The first kappa shape index (κ1) is 7.54. The zero-order chi connectivity index (χ0) is 6.57. The Balaban J connectivity index is 3.56.